The molecule has 0 radical (unpaired) electrons. The summed E-state index contributed by atoms with van der Waals surface area (Å²) in [4.78, 5) is 14.9. The number of benzene rings is 1. The van der Waals surface area contributed by atoms with Crippen LogP contribution in [0.3, 0.4) is 0 Å². The van der Waals surface area contributed by atoms with Crippen molar-refractivity contribution in [3.05, 3.63) is 45.4 Å². The number of nitrogens with two attached hydrogens (primary N) is 2. The average molecular weight is 357 g/mol. The van der Waals surface area contributed by atoms with Crippen LogP contribution in [0.5, 0.6) is 0 Å². The quantitative estimate of drug-likeness (QED) is 0.639. The first-order valence-corrected chi connectivity index (χ1v) is 6.08. The SMILES string of the molecule is NC(=O)c1cc(F)nc(-c2ccc(I)cc2)c1N. The zero-order valence-corrected chi connectivity index (χ0v) is 11.3. The summed E-state index contributed by atoms with van der Waals surface area (Å²) < 4.78 is 14.4. The number of anilines is 1. The standard InChI is InChI=1S/C12H9FIN3O/c13-9-5-8(12(16)18)10(15)11(17-9)6-1-3-7(14)4-2-6/h1-5H,15H2,(H2,16,18). The van der Waals surface area contributed by atoms with E-state index in [1.807, 2.05) is 12.1 Å². The van der Waals surface area contributed by atoms with Gasteiger partial charge in [-0.15, -0.1) is 0 Å². The van der Waals surface area contributed by atoms with Crippen molar-refractivity contribution in [1.29, 1.82) is 0 Å². The van der Waals surface area contributed by atoms with Crippen LogP contribution in [0.2, 0.25) is 0 Å². The van der Waals surface area contributed by atoms with E-state index in [1.165, 1.54) is 0 Å². The van der Waals surface area contributed by atoms with Crippen molar-refractivity contribution in [2.75, 3.05) is 5.73 Å². The van der Waals surface area contributed by atoms with Gasteiger partial charge in [0, 0.05) is 15.2 Å². The molecule has 4 N–H and O–H groups in total. The number of aromatic nitrogens is 1. The number of amides is 1. The molecule has 0 bridgehead atoms. The minimum absolute atomic E-state index is 0.0592. The van der Waals surface area contributed by atoms with E-state index in [4.69, 9.17) is 11.5 Å². The summed E-state index contributed by atoms with van der Waals surface area (Å²) in [5.41, 5.74) is 11.8. The molecule has 0 fully saturated rings. The van der Waals surface area contributed by atoms with Crippen LogP contribution in [0.25, 0.3) is 11.3 Å². The monoisotopic (exact) mass is 357 g/mol. The van der Waals surface area contributed by atoms with Gasteiger partial charge >= 0.3 is 0 Å². The molecule has 1 heterocycles. The third kappa shape index (κ3) is 2.42. The molecule has 0 spiro atoms. The van der Waals surface area contributed by atoms with Crippen molar-refractivity contribution in [2.45, 2.75) is 0 Å². The first-order chi connectivity index (χ1) is 8.49. The number of halogens is 2. The molecular weight excluding hydrogens is 348 g/mol. The molecule has 18 heavy (non-hydrogen) atoms. The van der Waals surface area contributed by atoms with E-state index >= 15 is 0 Å². The summed E-state index contributed by atoms with van der Waals surface area (Å²) in [5.74, 6) is -1.56. The van der Waals surface area contributed by atoms with E-state index in [0.717, 1.165) is 9.64 Å². The van der Waals surface area contributed by atoms with Gasteiger partial charge in [0.1, 0.15) is 0 Å². The molecule has 4 nitrogen and oxygen atoms in total. The van der Waals surface area contributed by atoms with Crippen LogP contribution in [-0.2, 0) is 0 Å². The fourth-order valence-electron chi connectivity index (χ4n) is 1.56. The third-order valence-electron chi connectivity index (χ3n) is 2.41. The molecule has 6 heteroatoms. The Bertz CT molecular complexity index is 613. The van der Waals surface area contributed by atoms with Gasteiger partial charge < -0.3 is 11.5 Å². The first kappa shape index (κ1) is 12.7. The number of pyridine rings is 1. The summed E-state index contributed by atoms with van der Waals surface area (Å²) in [6.07, 6.45) is 0. The number of carbonyl (C=O) groups is 1. The molecule has 1 amide bonds. The van der Waals surface area contributed by atoms with Gasteiger partial charge in [-0.1, -0.05) is 12.1 Å². The van der Waals surface area contributed by atoms with Crippen LogP contribution >= 0.6 is 22.6 Å². The Morgan fingerprint density at radius 3 is 2.44 bits per heavy atom. The molecule has 2 aromatic rings. The van der Waals surface area contributed by atoms with E-state index in [9.17, 15) is 9.18 Å². The number of primary amides is 1. The lowest BCUT2D eigenvalue weighted by Crippen LogP contribution is -2.15. The molecule has 2 rings (SSSR count). The third-order valence-corrected chi connectivity index (χ3v) is 3.13. The molecule has 0 aliphatic carbocycles. The highest BCUT2D eigenvalue weighted by atomic mass is 127. The highest BCUT2D eigenvalue weighted by Gasteiger charge is 2.15. The van der Waals surface area contributed by atoms with E-state index < -0.39 is 11.9 Å². The lowest BCUT2D eigenvalue weighted by atomic mass is 10.1. The molecule has 0 aliphatic heterocycles. The van der Waals surface area contributed by atoms with Crippen LogP contribution in [0, 0.1) is 9.52 Å². The highest BCUT2D eigenvalue weighted by molar-refractivity contribution is 14.1. The Morgan fingerprint density at radius 1 is 1.28 bits per heavy atom. The number of nitrogens with zero attached hydrogens (tertiary/aromatic N) is 1. The van der Waals surface area contributed by atoms with Crippen molar-refractivity contribution in [3.8, 4) is 11.3 Å². The van der Waals surface area contributed by atoms with E-state index in [-0.39, 0.29) is 16.9 Å². The minimum atomic E-state index is -0.786. The lowest BCUT2D eigenvalue weighted by molar-refractivity contribution is 0.100. The molecule has 0 aliphatic rings. The fourth-order valence-corrected chi connectivity index (χ4v) is 1.91. The maximum absolute atomic E-state index is 13.4. The fraction of sp³-hybridized carbons (Fsp3) is 0. The molecular formula is C12H9FIN3O. The van der Waals surface area contributed by atoms with Crippen molar-refractivity contribution >= 4 is 34.2 Å². The molecule has 1 aromatic carbocycles. The normalized spacial score (nSPS) is 10.3. The molecule has 0 unspecified atom stereocenters. The van der Waals surface area contributed by atoms with Crippen LogP contribution < -0.4 is 11.5 Å². The van der Waals surface area contributed by atoms with Crippen LogP contribution in [0.4, 0.5) is 10.1 Å². The summed E-state index contributed by atoms with van der Waals surface area (Å²) in [7, 11) is 0. The maximum atomic E-state index is 13.4. The van der Waals surface area contributed by atoms with E-state index in [1.54, 1.807) is 12.1 Å². The van der Waals surface area contributed by atoms with Gasteiger partial charge in [0.2, 0.25) is 5.95 Å². The second-order valence-corrected chi connectivity index (χ2v) is 4.87. The molecule has 92 valence electrons. The largest absolute Gasteiger partial charge is 0.396 e. The zero-order valence-electron chi connectivity index (χ0n) is 9.15. The highest BCUT2D eigenvalue weighted by Crippen LogP contribution is 2.27. The predicted molar refractivity (Wildman–Crippen MR) is 75.3 cm³/mol. The Morgan fingerprint density at radius 2 is 1.89 bits per heavy atom. The molecule has 0 saturated heterocycles. The van der Waals surface area contributed by atoms with Gasteiger partial charge in [0.05, 0.1) is 16.9 Å². The van der Waals surface area contributed by atoms with Gasteiger partial charge in [0.15, 0.2) is 0 Å². The Balaban J connectivity index is 2.64. The van der Waals surface area contributed by atoms with Gasteiger partial charge in [-0.25, -0.2) is 4.98 Å². The molecule has 0 saturated carbocycles. The van der Waals surface area contributed by atoms with Gasteiger partial charge in [-0.2, -0.15) is 4.39 Å². The van der Waals surface area contributed by atoms with Crippen molar-refractivity contribution in [1.82, 2.24) is 4.98 Å². The van der Waals surface area contributed by atoms with Gasteiger partial charge in [-0.3, -0.25) is 4.79 Å². The van der Waals surface area contributed by atoms with Crippen molar-refractivity contribution < 1.29 is 9.18 Å². The first-order valence-electron chi connectivity index (χ1n) is 5.01. The second kappa shape index (κ2) is 4.89. The predicted octanol–water partition coefficient (Wildman–Crippen LogP) is 2.17. The smallest absolute Gasteiger partial charge is 0.251 e. The topological polar surface area (TPSA) is 82.0 Å². The van der Waals surface area contributed by atoms with Gasteiger partial charge in [-0.05, 0) is 34.7 Å². The minimum Gasteiger partial charge on any atom is -0.396 e. The van der Waals surface area contributed by atoms with Crippen LogP contribution in [-0.4, -0.2) is 10.9 Å². The zero-order chi connectivity index (χ0) is 13.3. The number of rotatable bonds is 2. The lowest BCUT2D eigenvalue weighted by Gasteiger charge is -2.08. The van der Waals surface area contributed by atoms with Crippen molar-refractivity contribution in [2.24, 2.45) is 5.73 Å². The maximum Gasteiger partial charge on any atom is 0.251 e. The summed E-state index contributed by atoms with van der Waals surface area (Å²) in [5, 5.41) is 0. The summed E-state index contributed by atoms with van der Waals surface area (Å²) >= 11 is 2.15. The number of hydrogen-bond acceptors (Lipinski definition) is 3. The Hall–Kier alpha value is -1.70. The van der Waals surface area contributed by atoms with Crippen molar-refractivity contribution in [3.63, 3.8) is 0 Å². The van der Waals surface area contributed by atoms with Crippen LogP contribution in [0.15, 0.2) is 30.3 Å². The molecule has 1 aromatic heterocycles. The summed E-state index contributed by atoms with van der Waals surface area (Å²) in [6, 6.07) is 8.13. The molecule has 0 atom stereocenters. The Kier molecular flexibility index (Phi) is 3.46. The Labute approximate surface area is 116 Å². The second-order valence-electron chi connectivity index (χ2n) is 3.63. The van der Waals surface area contributed by atoms with Gasteiger partial charge in [0.25, 0.3) is 5.91 Å². The van der Waals surface area contributed by atoms with E-state index in [0.29, 0.717) is 5.56 Å². The average Bonchev–Trinajstić information content (AvgIpc) is 2.32. The number of hydrogen-bond donors (Lipinski definition) is 2. The van der Waals surface area contributed by atoms with Crippen LogP contribution in [0.1, 0.15) is 10.4 Å². The number of nitrogen functional groups attached to an aromatic ring is 1. The van der Waals surface area contributed by atoms with E-state index in [2.05, 4.69) is 27.6 Å². The summed E-state index contributed by atoms with van der Waals surface area (Å²) in [6.45, 7) is 0. The number of carbonyl (C=O) groups excluding carboxylic acids is 1.